The predicted molar refractivity (Wildman–Crippen MR) is 75.6 cm³/mol. The molecule has 5 heteroatoms. The third kappa shape index (κ3) is 4.28. The molecule has 0 atom stereocenters. The van der Waals surface area contributed by atoms with Crippen molar-refractivity contribution in [3.63, 3.8) is 0 Å². The lowest BCUT2D eigenvalue weighted by molar-refractivity contribution is 0.386. The van der Waals surface area contributed by atoms with E-state index in [0.29, 0.717) is 17.9 Å². The minimum absolute atomic E-state index is 0.115. The van der Waals surface area contributed by atoms with Crippen LogP contribution in [0.3, 0.4) is 0 Å². The fraction of sp³-hybridized carbons (Fsp3) is 0.429. The Balaban J connectivity index is 2.91. The molecular weight excluding hydrogens is 264 g/mol. The maximum absolute atomic E-state index is 12.2. The summed E-state index contributed by atoms with van der Waals surface area (Å²) in [5.41, 5.74) is 0. The zero-order valence-electron chi connectivity index (χ0n) is 11.4. The van der Waals surface area contributed by atoms with Gasteiger partial charge in [0.2, 0.25) is 0 Å². The van der Waals surface area contributed by atoms with Crippen molar-refractivity contribution in [3.8, 4) is 11.5 Å². The molecule has 0 aromatic heterocycles. The maximum Gasteiger partial charge on any atom is 0.182 e. The molecule has 4 nitrogen and oxygen atoms in total. The predicted octanol–water partition coefficient (Wildman–Crippen LogP) is 2.83. The lowest BCUT2D eigenvalue weighted by atomic mass is 10.2. The van der Waals surface area contributed by atoms with Crippen LogP contribution in [0, 0.1) is 0 Å². The Labute approximate surface area is 115 Å². The van der Waals surface area contributed by atoms with Gasteiger partial charge in [-0.2, -0.15) is 0 Å². The molecule has 1 aromatic carbocycles. The lowest BCUT2D eigenvalue weighted by Crippen LogP contribution is -2.08. The summed E-state index contributed by atoms with van der Waals surface area (Å²) >= 11 is 0. The van der Waals surface area contributed by atoms with Crippen molar-refractivity contribution in [2.45, 2.75) is 24.2 Å². The zero-order chi connectivity index (χ0) is 14.3. The molecule has 0 amide bonds. The van der Waals surface area contributed by atoms with Gasteiger partial charge in [0.05, 0.1) is 20.0 Å². The van der Waals surface area contributed by atoms with Crippen LogP contribution in [0.4, 0.5) is 0 Å². The van der Waals surface area contributed by atoms with Gasteiger partial charge in [-0.05, 0) is 31.4 Å². The third-order valence-corrected chi connectivity index (χ3v) is 4.61. The number of allylic oxidation sites excluding steroid dienone is 1. The second-order valence-electron chi connectivity index (χ2n) is 4.12. The molecular formula is C14H20O4S. The van der Waals surface area contributed by atoms with Crippen LogP contribution in [0.2, 0.25) is 0 Å². The summed E-state index contributed by atoms with van der Waals surface area (Å²) < 4.78 is 34.6. The summed E-state index contributed by atoms with van der Waals surface area (Å²) in [6, 6.07) is 4.73. The molecule has 0 heterocycles. The highest BCUT2D eigenvalue weighted by molar-refractivity contribution is 7.91. The van der Waals surface area contributed by atoms with Crippen LogP contribution in [0.25, 0.3) is 0 Å². The van der Waals surface area contributed by atoms with E-state index in [2.05, 4.69) is 6.58 Å². The molecule has 0 unspecified atom stereocenters. The first-order chi connectivity index (χ1) is 9.05. The summed E-state index contributed by atoms with van der Waals surface area (Å²) in [5.74, 6) is 1.01. The average Bonchev–Trinajstić information content (AvgIpc) is 2.42. The Morgan fingerprint density at radius 2 is 1.95 bits per heavy atom. The van der Waals surface area contributed by atoms with Crippen molar-refractivity contribution >= 4 is 9.84 Å². The van der Waals surface area contributed by atoms with Crippen molar-refractivity contribution in [1.82, 2.24) is 0 Å². The van der Waals surface area contributed by atoms with Crippen molar-refractivity contribution in [2.24, 2.45) is 0 Å². The first-order valence-electron chi connectivity index (χ1n) is 6.11. The number of hydrogen-bond acceptors (Lipinski definition) is 4. The highest BCUT2D eigenvalue weighted by atomic mass is 32.2. The van der Waals surface area contributed by atoms with Gasteiger partial charge in [-0.3, -0.25) is 0 Å². The molecule has 0 spiro atoms. The number of unbranched alkanes of at least 4 members (excludes halogenated alkanes) is 2. The van der Waals surface area contributed by atoms with E-state index >= 15 is 0 Å². The molecule has 0 aliphatic carbocycles. The molecule has 1 rings (SSSR count). The van der Waals surface area contributed by atoms with Crippen LogP contribution in [0.1, 0.15) is 19.3 Å². The van der Waals surface area contributed by atoms with E-state index in [4.69, 9.17) is 9.47 Å². The molecule has 0 N–H and O–H groups in total. The van der Waals surface area contributed by atoms with E-state index < -0.39 is 9.84 Å². The summed E-state index contributed by atoms with van der Waals surface area (Å²) in [4.78, 5) is 0.217. The lowest BCUT2D eigenvalue weighted by Gasteiger charge is -2.11. The topological polar surface area (TPSA) is 52.6 Å². The minimum Gasteiger partial charge on any atom is -0.497 e. The Bertz CT molecular complexity index is 520. The van der Waals surface area contributed by atoms with Crippen LogP contribution in [0.15, 0.2) is 35.7 Å². The normalized spacial score (nSPS) is 11.1. The molecule has 0 aliphatic heterocycles. The van der Waals surface area contributed by atoms with Gasteiger partial charge in [0.15, 0.2) is 9.84 Å². The summed E-state index contributed by atoms with van der Waals surface area (Å²) in [6.45, 7) is 3.62. The average molecular weight is 284 g/mol. The van der Waals surface area contributed by atoms with Crippen molar-refractivity contribution in [1.29, 1.82) is 0 Å². The quantitative estimate of drug-likeness (QED) is 0.544. The number of hydrogen-bond donors (Lipinski definition) is 0. The second-order valence-corrected chi connectivity index (χ2v) is 6.20. The third-order valence-electron chi connectivity index (χ3n) is 2.78. The largest absolute Gasteiger partial charge is 0.497 e. The Morgan fingerprint density at radius 3 is 2.53 bits per heavy atom. The molecule has 1 aromatic rings. The van der Waals surface area contributed by atoms with Crippen molar-refractivity contribution in [3.05, 3.63) is 30.9 Å². The molecule has 106 valence electrons. The zero-order valence-corrected chi connectivity index (χ0v) is 12.2. The SMILES string of the molecule is C=CCCCCS(=O)(=O)c1ccc(OC)cc1OC. The second kappa shape index (κ2) is 7.19. The van der Waals surface area contributed by atoms with Gasteiger partial charge in [0.1, 0.15) is 16.4 Å². The Kier molecular flexibility index (Phi) is 5.89. The van der Waals surface area contributed by atoms with E-state index in [0.717, 1.165) is 12.8 Å². The van der Waals surface area contributed by atoms with Crippen LogP contribution in [0.5, 0.6) is 11.5 Å². The van der Waals surface area contributed by atoms with Gasteiger partial charge in [0, 0.05) is 6.07 Å². The van der Waals surface area contributed by atoms with E-state index in [1.165, 1.54) is 20.3 Å². The van der Waals surface area contributed by atoms with Crippen LogP contribution in [-0.4, -0.2) is 28.4 Å². The molecule has 0 saturated carbocycles. The van der Waals surface area contributed by atoms with Gasteiger partial charge in [0.25, 0.3) is 0 Å². The highest BCUT2D eigenvalue weighted by Crippen LogP contribution is 2.29. The molecule has 0 fully saturated rings. The monoisotopic (exact) mass is 284 g/mol. The van der Waals surface area contributed by atoms with Gasteiger partial charge in [-0.1, -0.05) is 6.08 Å². The number of benzene rings is 1. The molecule has 19 heavy (non-hydrogen) atoms. The minimum atomic E-state index is -3.32. The van der Waals surface area contributed by atoms with Gasteiger partial charge < -0.3 is 9.47 Å². The maximum atomic E-state index is 12.2. The fourth-order valence-electron chi connectivity index (χ4n) is 1.72. The van der Waals surface area contributed by atoms with Crippen LogP contribution < -0.4 is 9.47 Å². The number of ether oxygens (including phenoxy) is 2. The Hall–Kier alpha value is -1.49. The number of rotatable bonds is 8. The van der Waals surface area contributed by atoms with Crippen molar-refractivity contribution in [2.75, 3.05) is 20.0 Å². The highest BCUT2D eigenvalue weighted by Gasteiger charge is 2.19. The van der Waals surface area contributed by atoms with E-state index in [1.807, 2.05) is 0 Å². The first kappa shape index (κ1) is 15.6. The number of methoxy groups -OCH3 is 2. The smallest absolute Gasteiger partial charge is 0.182 e. The van der Waals surface area contributed by atoms with Gasteiger partial charge >= 0.3 is 0 Å². The molecule has 0 saturated heterocycles. The van der Waals surface area contributed by atoms with Crippen LogP contribution >= 0.6 is 0 Å². The van der Waals surface area contributed by atoms with Crippen molar-refractivity contribution < 1.29 is 17.9 Å². The molecule has 0 aliphatic rings. The molecule has 0 radical (unpaired) electrons. The van der Waals surface area contributed by atoms with Gasteiger partial charge in [-0.25, -0.2) is 8.42 Å². The van der Waals surface area contributed by atoms with E-state index in [1.54, 1.807) is 18.2 Å². The summed E-state index contributed by atoms with van der Waals surface area (Å²) in [5, 5.41) is 0. The fourth-order valence-corrected chi connectivity index (χ4v) is 3.25. The van der Waals surface area contributed by atoms with Crippen LogP contribution in [-0.2, 0) is 9.84 Å². The van der Waals surface area contributed by atoms with E-state index in [-0.39, 0.29) is 10.6 Å². The Morgan fingerprint density at radius 1 is 1.21 bits per heavy atom. The standard InChI is InChI=1S/C14H20O4S/c1-4-5-6-7-10-19(15,16)14-9-8-12(17-2)11-13(14)18-3/h4,8-9,11H,1,5-7,10H2,2-3H3. The first-order valence-corrected chi connectivity index (χ1v) is 7.76. The van der Waals surface area contributed by atoms with E-state index in [9.17, 15) is 8.42 Å². The summed E-state index contributed by atoms with van der Waals surface area (Å²) in [6.07, 6.45) is 4.06. The number of sulfone groups is 1. The summed E-state index contributed by atoms with van der Waals surface area (Å²) in [7, 11) is -0.347. The molecule has 0 bridgehead atoms. The van der Waals surface area contributed by atoms with Gasteiger partial charge in [-0.15, -0.1) is 6.58 Å².